The van der Waals surface area contributed by atoms with Gasteiger partial charge in [-0.25, -0.2) is 0 Å². The minimum absolute atomic E-state index is 0.819. The van der Waals surface area contributed by atoms with E-state index in [2.05, 4.69) is 39.0 Å². The molecule has 3 aromatic rings. The molecule has 2 heterocycles. The topological polar surface area (TPSA) is 37.8 Å². The number of nitrogens with zero attached hydrogens (tertiary/aromatic N) is 2. The van der Waals surface area contributed by atoms with Gasteiger partial charge in [-0.05, 0) is 65.0 Å². The zero-order valence-corrected chi connectivity index (χ0v) is 12.3. The lowest BCUT2D eigenvalue weighted by Gasteiger charge is -2.06. The summed E-state index contributed by atoms with van der Waals surface area (Å²) in [7, 11) is 0. The van der Waals surface area contributed by atoms with Crippen molar-refractivity contribution in [1.29, 1.82) is 0 Å². The van der Waals surface area contributed by atoms with E-state index in [1.54, 1.807) is 11.9 Å². The molecule has 0 unspecified atom stereocenters. The second kappa shape index (κ2) is 7.02. The first-order valence-electron chi connectivity index (χ1n) is 6.71. The average Bonchev–Trinajstić information content (AvgIpc) is 2.57. The summed E-state index contributed by atoms with van der Waals surface area (Å²) in [5, 5.41) is 0. The molecule has 0 aliphatic heterocycles. The summed E-state index contributed by atoms with van der Waals surface area (Å²) in [4.78, 5) is 9.25. The molecule has 3 nitrogen and oxygen atoms in total. The van der Waals surface area contributed by atoms with Gasteiger partial charge in [-0.2, -0.15) is 0 Å². The molecule has 0 spiro atoms. The smallest absolute Gasteiger partial charge is 0.0314 e. The Bertz CT molecular complexity index is 669. The Morgan fingerprint density at radius 3 is 1.95 bits per heavy atom. The fourth-order valence-corrected chi connectivity index (χ4v) is 2.64. The largest absolute Gasteiger partial charge is 0.265 e. The summed E-state index contributed by atoms with van der Waals surface area (Å²) in [5.41, 5.74) is 3.62. The molecule has 0 amide bonds. The van der Waals surface area contributed by atoms with Gasteiger partial charge in [-0.15, -0.1) is 0 Å². The van der Waals surface area contributed by atoms with Crippen LogP contribution in [0.2, 0.25) is 0 Å². The van der Waals surface area contributed by atoms with E-state index < -0.39 is 0 Å². The maximum Gasteiger partial charge on any atom is 0.0314 e. The summed E-state index contributed by atoms with van der Waals surface area (Å²) in [6.07, 6.45) is 7.25. The Morgan fingerprint density at radius 1 is 0.714 bits per heavy atom. The lowest BCUT2D eigenvalue weighted by atomic mass is 10.1. The Balaban J connectivity index is 1.58. The number of pyridine rings is 2. The molecule has 0 atom stereocenters. The molecule has 0 bridgehead atoms. The zero-order chi connectivity index (χ0) is 14.3. The van der Waals surface area contributed by atoms with Gasteiger partial charge in [0.15, 0.2) is 0 Å². The predicted octanol–water partition coefficient (Wildman–Crippen LogP) is 3.94. The molecule has 0 fully saturated rings. The van der Waals surface area contributed by atoms with E-state index in [-0.39, 0.29) is 0 Å². The lowest BCUT2D eigenvalue weighted by molar-refractivity contribution is 0.969. The van der Waals surface area contributed by atoms with Gasteiger partial charge in [-0.3, -0.25) is 14.7 Å². The number of aromatic nitrogens is 2. The highest BCUT2D eigenvalue weighted by atomic mass is 32.2. The third-order valence-electron chi connectivity index (χ3n) is 3.08. The van der Waals surface area contributed by atoms with Gasteiger partial charge in [0.05, 0.1) is 0 Å². The van der Waals surface area contributed by atoms with Crippen LogP contribution in [0.25, 0.3) is 11.1 Å². The van der Waals surface area contributed by atoms with Crippen LogP contribution in [-0.4, -0.2) is 9.97 Å². The van der Waals surface area contributed by atoms with E-state index in [9.17, 15) is 0 Å². The Kier molecular flexibility index (Phi) is 4.61. The highest BCUT2D eigenvalue weighted by Crippen LogP contribution is 2.22. The molecule has 1 aromatic carbocycles. The molecule has 4 heteroatoms. The molecule has 1 N–H and O–H groups in total. The van der Waals surface area contributed by atoms with Gasteiger partial charge < -0.3 is 0 Å². The van der Waals surface area contributed by atoms with E-state index in [0.717, 1.165) is 6.54 Å². The Labute approximate surface area is 128 Å². The number of hydrogen-bond acceptors (Lipinski definition) is 4. The van der Waals surface area contributed by atoms with Gasteiger partial charge in [0, 0.05) is 36.2 Å². The second-order valence-corrected chi connectivity index (χ2v) is 5.50. The summed E-state index contributed by atoms with van der Waals surface area (Å²) in [6, 6.07) is 16.6. The minimum Gasteiger partial charge on any atom is -0.265 e. The molecular formula is C17H15N3S. The third kappa shape index (κ3) is 3.90. The molecule has 2 aromatic heterocycles. The maximum atomic E-state index is 4.04. The molecule has 104 valence electrons. The van der Waals surface area contributed by atoms with Crippen molar-refractivity contribution in [3.05, 3.63) is 78.9 Å². The Hall–Kier alpha value is -2.17. The number of hydrogen-bond donors (Lipinski definition) is 1. The first-order valence-corrected chi connectivity index (χ1v) is 7.52. The quantitative estimate of drug-likeness (QED) is 0.723. The van der Waals surface area contributed by atoms with Gasteiger partial charge in [0.2, 0.25) is 0 Å². The van der Waals surface area contributed by atoms with Crippen LogP contribution in [-0.2, 0) is 6.54 Å². The summed E-state index contributed by atoms with van der Waals surface area (Å²) < 4.78 is 3.36. The van der Waals surface area contributed by atoms with Crippen LogP contribution < -0.4 is 4.72 Å². The maximum absolute atomic E-state index is 4.04. The lowest BCUT2D eigenvalue weighted by Crippen LogP contribution is -2.02. The van der Waals surface area contributed by atoms with Crippen LogP contribution in [0, 0.1) is 0 Å². The molecular weight excluding hydrogens is 278 g/mol. The molecule has 0 aliphatic rings. The third-order valence-corrected chi connectivity index (χ3v) is 3.88. The van der Waals surface area contributed by atoms with Crippen molar-refractivity contribution in [2.75, 3.05) is 0 Å². The first kappa shape index (κ1) is 13.8. The van der Waals surface area contributed by atoms with Crippen molar-refractivity contribution in [3.8, 4) is 11.1 Å². The standard InChI is InChI=1S/C17H15N3S/c1-3-17(21-20-13-14-5-9-18-10-6-14)4-2-15(1)16-7-11-19-12-8-16/h1-12,20H,13H2. The minimum atomic E-state index is 0.819. The first-order chi connectivity index (χ1) is 10.4. The van der Waals surface area contributed by atoms with Crippen LogP contribution in [0.15, 0.2) is 78.2 Å². The average molecular weight is 293 g/mol. The van der Waals surface area contributed by atoms with Crippen molar-refractivity contribution >= 4 is 11.9 Å². The Morgan fingerprint density at radius 2 is 1.29 bits per heavy atom. The van der Waals surface area contributed by atoms with E-state index in [4.69, 9.17) is 0 Å². The molecule has 0 aliphatic carbocycles. The van der Waals surface area contributed by atoms with Gasteiger partial charge >= 0.3 is 0 Å². The predicted molar refractivity (Wildman–Crippen MR) is 86.6 cm³/mol. The van der Waals surface area contributed by atoms with Crippen molar-refractivity contribution in [2.45, 2.75) is 11.4 Å². The van der Waals surface area contributed by atoms with Crippen LogP contribution in [0.1, 0.15) is 5.56 Å². The summed E-state index contributed by atoms with van der Waals surface area (Å²) in [6.45, 7) is 0.819. The van der Waals surface area contributed by atoms with Crippen molar-refractivity contribution in [3.63, 3.8) is 0 Å². The molecule has 0 radical (unpaired) electrons. The number of nitrogens with one attached hydrogen (secondary N) is 1. The van der Waals surface area contributed by atoms with Crippen LogP contribution in [0.4, 0.5) is 0 Å². The van der Waals surface area contributed by atoms with Gasteiger partial charge in [0.25, 0.3) is 0 Å². The monoisotopic (exact) mass is 293 g/mol. The number of rotatable bonds is 5. The highest BCUT2D eigenvalue weighted by Gasteiger charge is 1.98. The molecule has 3 rings (SSSR count). The second-order valence-electron chi connectivity index (χ2n) is 4.54. The van der Waals surface area contributed by atoms with E-state index in [1.165, 1.54) is 21.6 Å². The summed E-state index contributed by atoms with van der Waals surface area (Å²) >= 11 is 1.64. The zero-order valence-electron chi connectivity index (χ0n) is 11.4. The fourth-order valence-electron chi connectivity index (χ4n) is 1.96. The van der Waals surface area contributed by atoms with Crippen molar-refractivity contribution in [1.82, 2.24) is 14.7 Å². The van der Waals surface area contributed by atoms with Crippen molar-refractivity contribution < 1.29 is 0 Å². The summed E-state index contributed by atoms with van der Waals surface area (Å²) in [5.74, 6) is 0. The fraction of sp³-hybridized carbons (Fsp3) is 0.0588. The molecule has 0 saturated heterocycles. The van der Waals surface area contributed by atoms with Crippen LogP contribution in [0.5, 0.6) is 0 Å². The van der Waals surface area contributed by atoms with Crippen LogP contribution >= 0.6 is 11.9 Å². The van der Waals surface area contributed by atoms with E-state index in [0.29, 0.717) is 0 Å². The van der Waals surface area contributed by atoms with Gasteiger partial charge in [0.1, 0.15) is 0 Å². The van der Waals surface area contributed by atoms with Gasteiger partial charge in [-0.1, -0.05) is 12.1 Å². The van der Waals surface area contributed by atoms with Crippen LogP contribution in [0.3, 0.4) is 0 Å². The van der Waals surface area contributed by atoms with E-state index in [1.807, 2.05) is 49.1 Å². The SMILES string of the molecule is c1cc(CNSc2ccc(-c3ccncc3)cc2)ccn1. The number of benzene rings is 1. The highest BCUT2D eigenvalue weighted by molar-refractivity contribution is 7.97. The molecule has 0 saturated carbocycles. The molecule has 21 heavy (non-hydrogen) atoms. The van der Waals surface area contributed by atoms with E-state index >= 15 is 0 Å². The normalized spacial score (nSPS) is 10.5. The van der Waals surface area contributed by atoms with Crippen molar-refractivity contribution in [2.24, 2.45) is 0 Å².